The summed E-state index contributed by atoms with van der Waals surface area (Å²) in [5, 5.41) is 0.792. The molecule has 2 aliphatic rings. The highest BCUT2D eigenvalue weighted by Crippen LogP contribution is 2.27. The number of amides is 1. The Labute approximate surface area is 160 Å². The molecule has 2 aromatic rings. The summed E-state index contributed by atoms with van der Waals surface area (Å²) in [6.45, 7) is 1.08. The summed E-state index contributed by atoms with van der Waals surface area (Å²) >= 11 is 0. The molecule has 4 rings (SSSR count). The van der Waals surface area contributed by atoms with Gasteiger partial charge in [0.25, 0.3) is 0 Å². The smallest absolute Gasteiger partial charge is 0.242 e. The quantitative estimate of drug-likeness (QED) is 0.875. The summed E-state index contributed by atoms with van der Waals surface area (Å²) in [5.41, 5.74) is 0.765. The molecule has 1 aliphatic carbocycles. The van der Waals surface area contributed by atoms with Crippen LogP contribution in [0.4, 0.5) is 0 Å². The molecular weight excluding hydrogens is 362 g/mol. The van der Waals surface area contributed by atoms with Crippen LogP contribution in [0.15, 0.2) is 41.4 Å². The van der Waals surface area contributed by atoms with E-state index in [0.29, 0.717) is 19.5 Å². The third-order valence-electron chi connectivity index (χ3n) is 5.65. The van der Waals surface area contributed by atoms with Crippen molar-refractivity contribution in [2.75, 3.05) is 13.1 Å². The van der Waals surface area contributed by atoms with Gasteiger partial charge in [0.1, 0.15) is 4.90 Å². The number of carbonyl (C=O) groups excluding carboxylic acids is 1. The number of sulfonamides is 1. The summed E-state index contributed by atoms with van der Waals surface area (Å²) in [6, 6.07) is 8.84. The van der Waals surface area contributed by atoms with E-state index in [-0.39, 0.29) is 22.8 Å². The Hall–Kier alpha value is -1.99. The summed E-state index contributed by atoms with van der Waals surface area (Å²) in [4.78, 5) is 18.9. The van der Waals surface area contributed by atoms with E-state index in [2.05, 4.69) is 9.71 Å². The zero-order valence-electron chi connectivity index (χ0n) is 15.3. The average Bonchev–Trinajstić information content (AvgIpc) is 3.15. The van der Waals surface area contributed by atoms with Crippen LogP contribution >= 0.6 is 0 Å². The minimum absolute atomic E-state index is 0.124. The second-order valence-electron chi connectivity index (χ2n) is 7.59. The monoisotopic (exact) mass is 387 g/mol. The molecule has 7 heteroatoms. The molecule has 0 unspecified atom stereocenters. The van der Waals surface area contributed by atoms with Gasteiger partial charge in [-0.1, -0.05) is 37.5 Å². The van der Waals surface area contributed by atoms with Crippen molar-refractivity contribution in [1.82, 2.24) is 14.6 Å². The van der Waals surface area contributed by atoms with Crippen LogP contribution in [0.1, 0.15) is 38.5 Å². The number of hydrogen-bond donors (Lipinski definition) is 1. The Balaban J connectivity index is 1.42. The molecule has 1 saturated heterocycles. The van der Waals surface area contributed by atoms with Crippen molar-refractivity contribution < 1.29 is 13.2 Å². The Morgan fingerprint density at radius 3 is 2.70 bits per heavy atom. The lowest BCUT2D eigenvalue weighted by Crippen LogP contribution is -2.40. The van der Waals surface area contributed by atoms with Crippen LogP contribution in [0.3, 0.4) is 0 Å². The number of rotatable bonds is 4. The maximum atomic E-state index is 12.8. The topological polar surface area (TPSA) is 79.4 Å². The molecule has 144 valence electrons. The third kappa shape index (κ3) is 3.99. The van der Waals surface area contributed by atoms with E-state index in [1.165, 1.54) is 12.6 Å². The van der Waals surface area contributed by atoms with Crippen LogP contribution in [-0.4, -0.2) is 43.3 Å². The fourth-order valence-electron chi connectivity index (χ4n) is 4.15. The molecule has 0 radical (unpaired) electrons. The molecule has 1 atom stereocenters. The third-order valence-corrected chi connectivity index (χ3v) is 7.14. The van der Waals surface area contributed by atoms with Crippen molar-refractivity contribution in [3.63, 3.8) is 0 Å². The number of nitrogens with zero attached hydrogens (tertiary/aromatic N) is 2. The molecule has 0 bridgehead atoms. The zero-order chi connectivity index (χ0) is 18.9. The fourth-order valence-corrected chi connectivity index (χ4v) is 5.39. The van der Waals surface area contributed by atoms with E-state index in [0.717, 1.165) is 36.6 Å². The second-order valence-corrected chi connectivity index (χ2v) is 9.30. The van der Waals surface area contributed by atoms with Crippen LogP contribution in [-0.2, 0) is 14.8 Å². The Kier molecular flexibility index (Phi) is 5.14. The summed E-state index contributed by atoms with van der Waals surface area (Å²) in [6.07, 6.45) is 7.43. The van der Waals surface area contributed by atoms with Crippen molar-refractivity contribution in [2.45, 2.75) is 49.5 Å². The van der Waals surface area contributed by atoms with Crippen molar-refractivity contribution in [1.29, 1.82) is 0 Å². The minimum Gasteiger partial charge on any atom is -0.341 e. The van der Waals surface area contributed by atoms with Gasteiger partial charge < -0.3 is 4.90 Å². The van der Waals surface area contributed by atoms with Gasteiger partial charge in [-0.3, -0.25) is 9.78 Å². The average molecular weight is 388 g/mol. The second kappa shape index (κ2) is 7.56. The van der Waals surface area contributed by atoms with Crippen LogP contribution in [0.5, 0.6) is 0 Å². The number of benzene rings is 1. The lowest BCUT2D eigenvalue weighted by atomic mass is 9.88. The zero-order valence-corrected chi connectivity index (χ0v) is 16.1. The molecule has 6 nitrogen and oxygen atoms in total. The highest BCUT2D eigenvalue weighted by atomic mass is 32.2. The predicted octanol–water partition coefficient (Wildman–Crippen LogP) is 2.69. The SMILES string of the molecule is O=C(C1CCCCC1)N1CC[C@@H](NS(=O)(=O)c2cnc3ccccc3c2)C1. The van der Waals surface area contributed by atoms with Crippen LogP contribution in [0.25, 0.3) is 10.9 Å². The molecule has 1 aromatic carbocycles. The number of fused-ring (bicyclic) bond motifs is 1. The van der Waals surface area contributed by atoms with Gasteiger partial charge in [0.05, 0.1) is 5.52 Å². The van der Waals surface area contributed by atoms with Gasteiger partial charge in [0.2, 0.25) is 15.9 Å². The van der Waals surface area contributed by atoms with Crippen LogP contribution in [0.2, 0.25) is 0 Å². The van der Waals surface area contributed by atoms with Gasteiger partial charge in [-0.2, -0.15) is 0 Å². The number of nitrogens with one attached hydrogen (secondary N) is 1. The number of likely N-dealkylation sites (tertiary alicyclic amines) is 1. The molecule has 27 heavy (non-hydrogen) atoms. The highest BCUT2D eigenvalue weighted by molar-refractivity contribution is 7.89. The fraction of sp³-hybridized carbons (Fsp3) is 0.500. The standard InChI is InChI=1S/C20H25N3O3S/c24-20(15-6-2-1-3-7-15)23-11-10-17(14-23)22-27(25,26)18-12-16-8-4-5-9-19(16)21-13-18/h4-5,8-9,12-13,15,17,22H,1-3,6-7,10-11,14H2/t17-/m1/s1. The maximum Gasteiger partial charge on any atom is 0.242 e. The molecule has 1 aliphatic heterocycles. The van der Waals surface area contributed by atoms with Crippen LogP contribution < -0.4 is 4.72 Å². The Morgan fingerprint density at radius 1 is 1.11 bits per heavy atom. The van der Waals surface area contributed by atoms with Crippen molar-refractivity contribution in [3.8, 4) is 0 Å². The predicted molar refractivity (Wildman–Crippen MR) is 104 cm³/mol. The van der Waals surface area contributed by atoms with Crippen molar-refractivity contribution >= 4 is 26.8 Å². The molecule has 1 saturated carbocycles. The normalized spacial score (nSPS) is 21.6. The molecule has 0 spiro atoms. The number of carbonyl (C=O) groups is 1. The van der Waals surface area contributed by atoms with Gasteiger partial charge in [-0.05, 0) is 31.4 Å². The largest absolute Gasteiger partial charge is 0.341 e. The van der Waals surface area contributed by atoms with Gasteiger partial charge in [0, 0.05) is 36.6 Å². The first-order valence-electron chi connectivity index (χ1n) is 9.69. The molecular formula is C20H25N3O3S. The van der Waals surface area contributed by atoms with Gasteiger partial charge in [-0.25, -0.2) is 13.1 Å². The van der Waals surface area contributed by atoms with Gasteiger partial charge in [-0.15, -0.1) is 0 Å². The maximum absolute atomic E-state index is 12.8. The molecule has 2 heterocycles. The minimum atomic E-state index is -3.66. The first-order chi connectivity index (χ1) is 13.0. The van der Waals surface area contributed by atoms with Crippen molar-refractivity contribution in [3.05, 3.63) is 36.5 Å². The summed E-state index contributed by atoms with van der Waals surface area (Å²) < 4.78 is 28.3. The number of pyridine rings is 1. The lowest BCUT2D eigenvalue weighted by Gasteiger charge is -2.26. The number of hydrogen-bond acceptors (Lipinski definition) is 4. The van der Waals surface area contributed by atoms with Gasteiger partial charge in [0.15, 0.2) is 0 Å². The number of para-hydroxylation sites is 1. The first-order valence-corrected chi connectivity index (χ1v) is 11.2. The first kappa shape index (κ1) is 18.4. The van der Waals surface area contributed by atoms with E-state index in [9.17, 15) is 13.2 Å². The van der Waals surface area contributed by atoms with E-state index in [1.807, 2.05) is 29.2 Å². The Morgan fingerprint density at radius 2 is 1.89 bits per heavy atom. The van der Waals surface area contributed by atoms with E-state index >= 15 is 0 Å². The molecule has 1 amide bonds. The van der Waals surface area contributed by atoms with E-state index in [1.54, 1.807) is 6.07 Å². The van der Waals surface area contributed by atoms with Gasteiger partial charge >= 0.3 is 0 Å². The van der Waals surface area contributed by atoms with Crippen molar-refractivity contribution in [2.24, 2.45) is 5.92 Å². The lowest BCUT2D eigenvalue weighted by molar-refractivity contribution is -0.135. The van der Waals surface area contributed by atoms with E-state index < -0.39 is 10.0 Å². The molecule has 1 N–H and O–H groups in total. The highest BCUT2D eigenvalue weighted by Gasteiger charge is 2.33. The van der Waals surface area contributed by atoms with Crippen LogP contribution in [0, 0.1) is 5.92 Å². The number of aromatic nitrogens is 1. The molecule has 2 fully saturated rings. The van der Waals surface area contributed by atoms with E-state index in [4.69, 9.17) is 0 Å². The Bertz CT molecular complexity index is 938. The molecule has 1 aromatic heterocycles. The summed E-state index contributed by atoms with van der Waals surface area (Å²) in [5.74, 6) is 0.322. The summed E-state index contributed by atoms with van der Waals surface area (Å²) in [7, 11) is -3.66.